The number of benzene rings is 1. The summed E-state index contributed by atoms with van der Waals surface area (Å²) in [4.78, 5) is 15.0. The van der Waals surface area contributed by atoms with Crippen LogP contribution in [0.2, 0.25) is 0 Å². The molecule has 0 bridgehead atoms. The van der Waals surface area contributed by atoms with Crippen LogP contribution < -0.4 is 11.5 Å². The average Bonchev–Trinajstić information content (AvgIpc) is 2.29. The van der Waals surface area contributed by atoms with Crippen molar-refractivity contribution in [1.29, 1.82) is 0 Å². The van der Waals surface area contributed by atoms with E-state index < -0.39 is 5.91 Å². The molecule has 0 spiro atoms. The second kappa shape index (κ2) is 4.02. The lowest BCUT2D eigenvalue weighted by Crippen LogP contribution is -2.10. The highest BCUT2D eigenvalue weighted by Crippen LogP contribution is 2.19. The Hall–Kier alpha value is -2.36. The van der Waals surface area contributed by atoms with Crippen LogP contribution in [0.25, 0.3) is 11.3 Å². The van der Waals surface area contributed by atoms with Crippen LogP contribution in [0.3, 0.4) is 0 Å². The Bertz CT molecular complexity index is 520. The summed E-state index contributed by atoms with van der Waals surface area (Å²) in [5.74, 6) is -0.480. The number of carbonyl (C=O) groups excluding carboxylic acids is 1. The fourth-order valence-electron chi connectivity index (χ4n) is 1.41. The van der Waals surface area contributed by atoms with Crippen molar-refractivity contribution in [2.45, 2.75) is 0 Å². The SMILES string of the molecule is NC(=O)c1ccc(-c2cccc(N)c2)nc1. The summed E-state index contributed by atoms with van der Waals surface area (Å²) in [6.07, 6.45) is 1.46. The number of rotatable bonds is 2. The number of anilines is 1. The summed E-state index contributed by atoms with van der Waals surface area (Å²) in [6.45, 7) is 0. The molecule has 2 rings (SSSR count). The Morgan fingerprint density at radius 2 is 2.00 bits per heavy atom. The Balaban J connectivity index is 2.38. The lowest BCUT2D eigenvalue weighted by Gasteiger charge is -2.02. The van der Waals surface area contributed by atoms with Crippen LogP contribution in [0, 0.1) is 0 Å². The second-order valence-corrected chi connectivity index (χ2v) is 3.42. The lowest BCUT2D eigenvalue weighted by molar-refractivity contribution is 0.1000. The normalized spacial score (nSPS) is 10.0. The predicted molar refractivity (Wildman–Crippen MR) is 62.6 cm³/mol. The van der Waals surface area contributed by atoms with Crippen molar-refractivity contribution >= 4 is 11.6 Å². The summed E-state index contributed by atoms with van der Waals surface area (Å²) in [5, 5.41) is 0. The molecule has 2 aromatic rings. The van der Waals surface area contributed by atoms with Gasteiger partial charge in [0.15, 0.2) is 0 Å². The minimum absolute atomic E-state index is 0.396. The topological polar surface area (TPSA) is 82.0 Å². The monoisotopic (exact) mass is 213 g/mol. The quantitative estimate of drug-likeness (QED) is 0.740. The van der Waals surface area contributed by atoms with Gasteiger partial charge < -0.3 is 11.5 Å². The van der Waals surface area contributed by atoms with Gasteiger partial charge in [0.1, 0.15) is 0 Å². The zero-order valence-corrected chi connectivity index (χ0v) is 8.55. The van der Waals surface area contributed by atoms with Crippen molar-refractivity contribution in [2.75, 3.05) is 5.73 Å². The van der Waals surface area contributed by atoms with Crippen LogP contribution in [0.15, 0.2) is 42.6 Å². The van der Waals surface area contributed by atoms with Crippen LogP contribution in [0.4, 0.5) is 5.69 Å². The molecule has 4 nitrogen and oxygen atoms in total. The van der Waals surface area contributed by atoms with E-state index in [9.17, 15) is 4.79 Å². The Labute approximate surface area is 92.9 Å². The molecule has 0 saturated heterocycles. The Kier molecular flexibility index (Phi) is 2.55. The van der Waals surface area contributed by atoms with Gasteiger partial charge in [-0.1, -0.05) is 12.1 Å². The van der Waals surface area contributed by atoms with Gasteiger partial charge in [-0.2, -0.15) is 0 Å². The van der Waals surface area contributed by atoms with E-state index >= 15 is 0 Å². The summed E-state index contributed by atoms with van der Waals surface area (Å²) < 4.78 is 0. The second-order valence-electron chi connectivity index (χ2n) is 3.42. The van der Waals surface area contributed by atoms with Gasteiger partial charge in [-0.3, -0.25) is 9.78 Å². The van der Waals surface area contributed by atoms with Crippen molar-refractivity contribution in [3.8, 4) is 11.3 Å². The third-order valence-corrected chi connectivity index (χ3v) is 2.23. The number of nitrogen functional groups attached to an aromatic ring is 1. The molecule has 0 saturated carbocycles. The van der Waals surface area contributed by atoms with Crippen molar-refractivity contribution < 1.29 is 4.79 Å². The highest BCUT2D eigenvalue weighted by Gasteiger charge is 2.02. The molecule has 1 aromatic heterocycles. The first-order valence-electron chi connectivity index (χ1n) is 4.78. The third kappa shape index (κ3) is 2.00. The zero-order valence-electron chi connectivity index (χ0n) is 8.55. The van der Waals surface area contributed by atoms with Gasteiger partial charge in [-0.25, -0.2) is 0 Å². The number of carbonyl (C=O) groups is 1. The molecule has 0 atom stereocenters. The highest BCUT2D eigenvalue weighted by atomic mass is 16.1. The fraction of sp³-hybridized carbons (Fsp3) is 0. The standard InChI is InChI=1S/C12H11N3O/c13-10-3-1-2-8(6-10)11-5-4-9(7-15-11)12(14)16/h1-7H,13H2,(H2,14,16). The van der Waals surface area contributed by atoms with E-state index in [1.807, 2.05) is 18.2 Å². The van der Waals surface area contributed by atoms with E-state index in [4.69, 9.17) is 11.5 Å². The lowest BCUT2D eigenvalue weighted by atomic mass is 10.1. The summed E-state index contributed by atoms with van der Waals surface area (Å²) in [6, 6.07) is 10.8. The average molecular weight is 213 g/mol. The van der Waals surface area contributed by atoms with E-state index in [1.165, 1.54) is 6.20 Å². The molecule has 4 N–H and O–H groups in total. The highest BCUT2D eigenvalue weighted by molar-refractivity contribution is 5.92. The molecule has 0 aliphatic heterocycles. The van der Waals surface area contributed by atoms with E-state index in [-0.39, 0.29) is 0 Å². The van der Waals surface area contributed by atoms with Gasteiger partial charge in [0, 0.05) is 17.4 Å². The number of aromatic nitrogens is 1. The molecule has 0 aliphatic rings. The van der Waals surface area contributed by atoms with E-state index in [0.29, 0.717) is 11.3 Å². The molecule has 0 unspecified atom stereocenters. The zero-order chi connectivity index (χ0) is 11.5. The van der Waals surface area contributed by atoms with Crippen LogP contribution in [0.5, 0.6) is 0 Å². The number of primary amides is 1. The molecular weight excluding hydrogens is 202 g/mol. The Morgan fingerprint density at radius 1 is 1.19 bits per heavy atom. The molecule has 80 valence electrons. The predicted octanol–water partition coefficient (Wildman–Crippen LogP) is 1.43. The first-order chi connectivity index (χ1) is 7.66. The van der Waals surface area contributed by atoms with Crippen LogP contribution >= 0.6 is 0 Å². The maximum atomic E-state index is 10.9. The maximum absolute atomic E-state index is 10.9. The number of hydrogen-bond acceptors (Lipinski definition) is 3. The Morgan fingerprint density at radius 3 is 2.56 bits per heavy atom. The third-order valence-electron chi connectivity index (χ3n) is 2.23. The van der Waals surface area contributed by atoms with Gasteiger partial charge in [-0.05, 0) is 24.3 Å². The number of hydrogen-bond donors (Lipinski definition) is 2. The van der Waals surface area contributed by atoms with Crippen molar-refractivity contribution in [3.63, 3.8) is 0 Å². The van der Waals surface area contributed by atoms with Crippen LogP contribution in [0.1, 0.15) is 10.4 Å². The number of amides is 1. The van der Waals surface area contributed by atoms with E-state index in [2.05, 4.69) is 4.98 Å². The van der Waals surface area contributed by atoms with E-state index in [1.54, 1.807) is 18.2 Å². The van der Waals surface area contributed by atoms with Crippen molar-refractivity contribution in [3.05, 3.63) is 48.2 Å². The number of nitrogens with zero attached hydrogens (tertiary/aromatic N) is 1. The minimum Gasteiger partial charge on any atom is -0.399 e. The van der Waals surface area contributed by atoms with Gasteiger partial charge in [0.05, 0.1) is 11.3 Å². The maximum Gasteiger partial charge on any atom is 0.250 e. The molecule has 0 radical (unpaired) electrons. The summed E-state index contributed by atoms with van der Waals surface area (Å²) in [7, 11) is 0. The summed E-state index contributed by atoms with van der Waals surface area (Å²) >= 11 is 0. The van der Waals surface area contributed by atoms with Gasteiger partial charge in [0.2, 0.25) is 5.91 Å². The molecular formula is C12H11N3O. The number of nitrogens with two attached hydrogens (primary N) is 2. The van der Waals surface area contributed by atoms with Crippen molar-refractivity contribution in [1.82, 2.24) is 4.98 Å². The molecule has 16 heavy (non-hydrogen) atoms. The van der Waals surface area contributed by atoms with Crippen LogP contribution in [-0.2, 0) is 0 Å². The molecule has 4 heteroatoms. The van der Waals surface area contributed by atoms with E-state index in [0.717, 1.165) is 11.3 Å². The molecule has 1 aromatic carbocycles. The molecule has 0 fully saturated rings. The minimum atomic E-state index is -0.480. The number of pyridine rings is 1. The molecule has 1 amide bonds. The van der Waals surface area contributed by atoms with Gasteiger partial charge in [-0.15, -0.1) is 0 Å². The molecule has 1 heterocycles. The fourth-order valence-corrected chi connectivity index (χ4v) is 1.41. The first-order valence-corrected chi connectivity index (χ1v) is 4.78. The van der Waals surface area contributed by atoms with Gasteiger partial charge in [0.25, 0.3) is 0 Å². The smallest absolute Gasteiger partial charge is 0.250 e. The largest absolute Gasteiger partial charge is 0.399 e. The van der Waals surface area contributed by atoms with Crippen molar-refractivity contribution in [2.24, 2.45) is 5.73 Å². The summed E-state index contributed by atoms with van der Waals surface area (Å²) in [5.41, 5.74) is 13.5. The molecule has 0 aliphatic carbocycles. The first kappa shape index (κ1) is 10.2. The van der Waals surface area contributed by atoms with Gasteiger partial charge >= 0.3 is 0 Å². The van der Waals surface area contributed by atoms with Crippen LogP contribution in [-0.4, -0.2) is 10.9 Å².